The number of hydrogen-bond acceptors (Lipinski definition) is 4. The van der Waals surface area contributed by atoms with Crippen LogP contribution in [-0.4, -0.2) is 42.3 Å². The van der Waals surface area contributed by atoms with Crippen LogP contribution in [0.3, 0.4) is 0 Å². The molecule has 0 spiro atoms. The van der Waals surface area contributed by atoms with Gasteiger partial charge in [0, 0.05) is 30.6 Å². The van der Waals surface area contributed by atoms with Crippen LogP contribution in [0.25, 0.3) is 0 Å². The third-order valence-electron chi connectivity index (χ3n) is 1.88. The van der Waals surface area contributed by atoms with Gasteiger partial charge in [-0.2, -0.15) is 11.8 Å². The van der Waals surface area contributed by atoms with Crippen molar-refractivity contribution < 1.29 is 9.53 Å². The lowest BCUT2D eigenvalue weighted by atomic mass is 10.2. The lowest BCUT2D eigenvalue weighted by Gasteiger charge is -2.24. The molecule has 5 heteroatoms. The average Bonchev–Trinajstić information content (AvgIpc) is 2.14. The largest absolute Gasteiger partial charge is 0.444 e. The van der Waals surface area contributed by atoms with E-state index in [4.69, 9.17) is 4.74 Å². The number of nitrogens with one attached hydrogen (secondary N) is 2. The second-order valence-corrected chi connectivity index (χ2v) is 5.99. The zero-order chi connectivity index (χ0) is 11.3. The van der Waals surface area contributed by atoms with Crippen LogP contribution in [0.5, 0.6) is 0 Å². The van der Waals surface area contributed by atoms with E-state index in [9.17, 15) is 4.79 Å². The summed E-state index contributed by atoms with van der Waals surface area (Å²) in [5, 5.41) is 6.54. The Morgan fingerprint density at radius 3 is 2.87 bits per heavy atom. The average molecular weight is 232 g/mol. The molecule has 0 aromatic carbocycles. The van der Waals surface area contributed by atoms with E-state index < -0.39 is 5.60 Å². The Hall–Kier alpha value is -0.420. The second-order valence-electron chi connectivity index (χ2n) is 4.58. The summed E-state index contributed by atoms with van der Waals surface area (Å²) in [6.07, 6.45) is -0.325. The Labute approximate surface area is 95.5 Å². The van der Waals surface area contributed by atoms with Crippen LogP contribution in [0.4, 0.5) is 4.79 Å². The summed E-state index contributed by atoms with van der Waals surface area (Å²) in [6, 6.07) is 0. The maximum atomic E-state index is 11.3. The van der Waals surface area contributed by atoms with Gasteiger partial charge in [0.25, 0.3) is 0 Å². The van der Waals surface area contributed by atoms with Gasteiger partial charge < -0.3 is 15.4 Å². The van der Waals surface area contributed by atoms with Gasteiger partial charge in [0.05, 0.1) is 0 Å². The Bertz CT molecular complexity index is 210. The van der Waals surface area contributed by atoms with Crippen molar-refractivity contribution in [2.24, 2.45) is 0 Å². The molecule has 4 nitrogen and oxygen atoms in total. The number of amides is 1. The number of alkyl carbamates (subject to hydrolysis) is 1. The van der Waals surface area contributed by atoms with E-state index in [1.807, 2.05) is 32.5 Å². The minimum atomic E-state index is -0.415. The molecule has 0 aromatic heterocycles. The molecule has 1 aliphatic heterocycles. The summed E-state index contributed by atoms with van der Waals surface area (Å²) in [5.74, 6) is 1.11. The second kappa shape index (κ2) is 5.61. The standard InChI is InChI=1S/C10H20N2O2S/c1-10(2,3)14-9(13)12-7-8-6-11-4-5-15-8/h8,11H,4-7H2,1-3H3,(H,12,13). The van der Waals surface area contributed by atoms with Crippen LogP contribution in [-0.2, 0) is 4.74 Å². The van der Waals surface area contributed by atoms with Crippen molar-refractivity contribution in [2.45, 2.75) is 31.6 Å². The van der Waals surface area contributed by atoms with Crippen LogP contribution in [0.15, 0.2) is 0 Å². The fraction of sp³-hybridized carbons (Fsp3) is 0.900. The Morgan fingerprint density at radius 2 is 2.33 bits per heavy atom. The quantitative estimate of drug-likeness (QED) is 0.751. The molecular weight excluding hydrogens is 212 g/mol. The lowest BCUT2D eigenvalue weighted by Crippen LogP contribution is -2.42. The minimum Gasteiger partial charge on any atom is -0.444 e. The van der Waals surface area contributed by atoms with Crippen LogP contribution in [0, 0.1) is 0 Å². The lowest BCUT2D eigenvalue weighted by molar-refractivity contribution is 0.0528. The van der Waals surface area contributed by atoms with E-state index in [2.05, 4.69) is 10.6 Å². The van der Waals surface area contributed by atoms with Crippen molar-refractivity contribution in [2.75, 3.05) is 25.4 Å². The van der Waals surface area contributed by atoms with E-state index in [1.165, 1.54) is 0 Å². The topological polar surface area (TPSA) is 50.4 Å². The number of rotatable bonds is 2. The number of thioether (sulfide) groups is 1. The van der Waals surface area contributed by atoms with Crippen molar-refractivity contribution in [3.63, 3.8) is 0 Å². The minimum absolute atomic E-state index is 0.325. The van der Waals surface area contributed by atoms with Gasteiger partial charge in [-0.3, -0.25) is 0 Å². The molecule has 0 aliphatic carbocycles. The normalized spacial score (nSPS) is 22.2. The van der Waals surface area contributed by atoms with E-state index in [1.54, 1.807) is 0 Å². The molecule has 0 radical (unpaired) electrons. The molecule has 0 bridgehead atoms. The monoisotopic (exact) mass is 232 g/mol. The van der Waals surface area contributed by atoms with Gasteiger partial charge in [-0.25, -0.2) is 4.79 Å². The predicted octanol–water partition coefficient (Wildman–Crippen LogP) is 1.22. The SMILES string of the molecule is CC(C)(C)OC(=O)NCC1CNCCS1. The van der Waals surface area contributed by atoms with Gasteiger partial charge >= 0.3 is 6.09 Å². The van der Waals surface area contributed by atoms with Gasteiger partial charge in [-0.15, -0.1) is 0 Å². The van der Waals surface area contributed by atoms with Crippen molar-refractivity contribution in [3.05, 3.63) is 0 Å². The van der Waals surface area contributed by atoms with E-state index in [0.29, 0.717) is 11.8 Å². The van der Waals surface area contributed by atoms with Crippen molar-refractivity contribution in [1.82, 2.24) is 10.6 Å². The summed E-state index contributed by atoms with van der Waals surface area (Å²) in [7, 11) is 0. The predicted molar refractivity (Wildman–Crippen MR) is 63.4 cm³/mol. The summed E-state index contributed by atoms with van der Waals surface area (Å²) in [6.45, 7) is 8.29. The van der Waals surface area contributed by atoms with Crippen LogP contribution >= 0.6 is 11.8 Å². The van der Waals surface area contributed by atoms with Gasteiger partial charge in [-0.05, 0) is 20.8 Å². The zero-order valence-electron chi connectivity index (χ0n) is 9.63. The van der Waals surface area contributed by atoms with Gasteiger partial charge in [0.15, 0.2) is 0 Å². The molecule has 1 saturated heterocycles. The fourth-order valence-corrected chi connectivity index (χ4v) is 2.29. The third kappa shape index (κ3) is 5.89. The van der Waals surface area contributed by atoms with Crippen molar-refractivity contribution in [1.29, 1.82) is 0 Å². The van der Waals surface area contributed by atoms with E-state index >= 15 is 0 Å². The maximum absolute atomic E-state index is 11.3. The number of hydrogen-bond donors (Lipinski definition) is 2. The first-order valence-corrected chi connectivity index (χ1v) is 6.31. The van der Waals surface area contributed by atoms with Gasteiger partial charge in [0.1, 0.15) is 5.60 Å². The van der Waals surface area contributed by atoms with Crippen molar-refractivity contribution >= 4 is 17.9 Å². The Balaban J connectivity index is 2.15. The molecule has 1 amide bonds. The van der Waals surface area contributed by atoms with Gasteiger partial charge in [-0.1, -0.05) is 0 Å². The Morgan fingerprint density at radius 1 is 1.60 bits per heavy atom. The van der Waals surface area contributed by atoms with Crippen LogP contribution in [0.1, 0.15) is 20.8 Å². The molecule has 0 saturated carbocycles. The first kappa shape index (κ1) is 12.6. The summed E-state index contributed by atoms with van der Waals surface area (Å²) >= 11 is 1.89. The first-order chi connectivity index (χ1) is 6.97. The fourth-order valence-electron chi connectivity index (χ4n) is 1.26. The first-order valence-electron chi connectivity index (χ1n) is 5.26. The molecule has 1 unspecified atom stereocenters. The molecule has 15 heavy (non-hydrogen) atoms. The number of carbonyl (C=O) groups is 1. The zero-order valence-corrected chi connectivity index (χ0v) is 10.4. The summed E-state index contributed by atoms with van der Waals surface area (Å²) < 4.78 is 5.15. The summed E-state index contributed by atoms with van der Waals surface area (Å²) in [5.41, 5.74) is -0.415. The molecule has 1 rings (SSSR count). The molecule has 2 N–H and O–H groups in total. The number of carbonyl (C=O) groups excluding carboxylic acids is 1. The van der Waals surface area contributed by atoms with Crippen LogP contribution in [0.2, 0.25) is 0 Å². The maximum Gasteiger partial charge on any atom is 0.407 e. The molecule has 88 valence electrons. The third-order valence-corrected chi connectivity index (χ3v) is 3.12. The molecular formula is C10H20N2O2S. The number of ether oxygens (including phenoxy) is 1. The highest BCUT2D eigenvalue weighted by atomic mass is 32.2. The highest BCUT2D eigenvalue weighted by Crippen LogP contribution is 2.12. The van der Waals surface area contributed by atoms with Crippen molar-refractivity contribution in [3.8, 4) is 0 Å². The molecule has 1 fully saturated rings. The van der Waals surface area contributed by atoms with E-state index in [0.717, 1.165) is 18.8 Å². The van der Waals surface area contributed by atoms with Crippen LogP contribution < -0.4 is 10.6 Å². The summed E-state index contributed by atoms with van der Waals surface area (Å²) in [4.78, 5) is 11.3. The highest BCUT2D eigenvalue weighted by molar-refractivity contribution is 8.00. The van der Waals surface area contributed by atoms with Gasteiger partial charge in [0.2, 0.25) is 0 Å². The molecule has 1 aliphatic rings. The molecule has 0 aromatic rings. The molecule has 1 atom stereocenters. The van der Waals surface area contributed by atoms with E-state index in [-0.39, 0.29) is 6.09 Å². The smallest absolute Gasteiger partial charge is 0.407 e. The molecule has 1 heterocycles. The highest BCUT2D eigenvalue weighted by Gasteiger charge is 2.18. The Kier molecular flexibility index (Phi) is 4.73.